The van der Waals surface area contributed by atoms with Crippen LogP contribution in [0.4, 0.5) is 5.69 Å². The Kier molecular flexibility index (Phi) is 4.66. The second-order valence-electron chi connectivity index (χ2n) is 6.46. The van der Waals surface area contributed by atoms with Crippen LogP contribution in [-0.4, -0.2) is 48.6 Å². The van der Waals surface area contributed by atoms with Gasteiger partial charge in [0.05, 0.1) is 13.1 Å². The summed E-state index contributed by atoms with van der Waals surface area (Å²) in [6, 6.07) is 9.70. The quantitative estimate of drug-likeness (QED) is 0.859. The summed E-state index contributed by atoms with van der Waals surface area (Å²) in [5.74, 6) is 0.178. The van der Waals surface area contributed by atoms with Crippen LogP contribution in [0.2, 0.25) is 0 Å². The van der Waals surface area contributed by atoms with Crippen LogP contribution in [0.3, 0.4) is 0 Å². The van der Waals surface area contributed by atoms with Gasteiger partial charge in [-0.2, -0.15) is 0 Å². The van der Waals surface area contributed by atoms with Crippen molar-refractivity contribution >= 4 is 17.5 Å². The Morgan fingerprint density at radius 3 is 2.78 bits per heavy atom. The van der Waals surface area contributed by atoms with Crippen LogP contribution in [0.1, 0.15) is 32.6 Å². The molecule has 5 nitrogen and oxygen atoms in total. The van der Waals surface area contributed by atoms with Gasteiger partial charge in [0.25, 0.3) is 5.91 Å². The molecule has 1 unspecified atom stereocenters. The maximum atomic E-state index is 12.3. The van der Waals surface area contributed by atoms with Crippen LogP contribution in [0, 0.1) is 0 Å². The van der Waals surface area contributed by atoms with Crippen molar-refractivity contribution in [3.63, 3.8) is 0 Å². The first-order chi connectivity index (χ1) is 11.1. The predicted octanol–water partition coefficient (Wildman–Crippen LogP) is 2.21. The molecule has 0 bridgehead atoms. The standard InChI is InChI=1S/C18H24N2O3/c1-2-7-16(21)19-11-6-10-18(13-19)14-20(17(22)12-23-18)15-8-4-3-5-9-15/h3-5,8-9H,2,6-7,10-14H2,1H3. The zero-order valence-electron chi connectivity index (χ0n) is 13.7. The van der Waals surface area contributed by atoms with E-state index in [0.717, 1.165) is 31.5 Å². The molecule has 0 radical (unpaired) electrons. The highest BCUT2D eigenvalue weighted by Gasteiger charge is 2.44. The van der Waals surface area contributed by atoms with Gasteiger partial charge in [-0.05, 0) is 31.4 Å². The lowest BCUT2D eigenvalue weighted by molar-refractivity contribution is -0.153. The minimum atomic E-state index is -0.425. The number of piperidine rings is 1. The van der Waals surface area contributed by atoms with Gasteiger partial charge in [-0.1, -0.05) is 25.1 Å². The Hall–Kier alpha value is -1.88. The van der Waals surface area contributed by atoms with Crippen molar-refractivity contribution in [2.75, 3.05) is 31.1 Å². The highest BCUT2D eigenvalue weighted by Crippen LogP contribution is 2.32. The Bertz CT molecular complexity index is 575. The second kappa shape index (κ2) is 6.71. The number of benzene rings is 1. The molecule has 2 aliphatic rings. The molecule has 1 atom stereocenters. The molecule has 2 heterocycles. The number of rotatable bonds is 3. The fraction of sp³-hybridized carbons (Fsp3) is 0.556. The number of para-hydroxylation sites is 1. The topological polar surface area (TPSA) is 49.9 Å². The molecule has 1 spiro atoms. The third-order valence-electron chi connectivity index (χ3n) is 4.67. The monoisotopic (exact) mass is 316 g/mol. The molecule has 5 heteroatoms. The van der Waals surface area contributed by atoms with Crippen LogP contribution in [-0.2, 0) is 14.3 Å². The van der Waals surface area contributed by atoms with Gasteiger partial charge in [0.15, 0.2) is 0 Å². The van der Waals surface area contributed by atoms with Gasteiger partial charge in [-0.25, -0.2) is 0 Å². The fourth-order valence-corrected chi connectivity index (χ4v) is 3.49. The number of nitrogens with zero attached hydrogens (tertiary/aromatic N) is 2. The van der Waals surface area contributed by atoms with Crippen molar-refractivity contribution < 1.29 is 14.3 Å². The lowest BCUT2D eigenvalue weighted by Gasteiger charge is -2.47. The Morgan fingerprint density at radius 1 is 1.26 bits per heavy atom. The van der Waals surface area contributed by atoms with E-state index < -0.39 is 5.60 Å². The first kappa shape index (κ1) is 16.0. The number of morpholine rings is 1. The molecule has 0 aromatic heterocycles. The zero-order chi connectivity index (χ0) is 16.3. The van der Waals surface area contributed by atoms with E-state index in [1.54, 1.807) is 4.90 Å². The number of hydrogen-bond donors (Lipinski definition) is 0. The van der Waals surface area contributed by atoms with Crippen molar-refractivity contribution in [3.05, 3.63) is 30.3 Å². The number of amides is 2. The van der Waals surface area contributed by atoms with E-state index in [2.05, 4.69) is 0 Å². The van der Waals surface area contributed by atoms with Crippen LogP contribution < -0.4 is 4.90 Å². The maximum absolute atomic E-state index is 12.3. The summed E-state index contributed by atoms with van der Waals surface area (Å²) in [6.07, 6.45) is 3.25. The smallest absolute Gasteiger partial charge is 0.253 e. The van der Waals surface area contributed by atoms with Gasteiger partial charge >= 0.3 is 0 Å². The third kappa shape index (κ3) is 3.39. The van der Waals surface area contributed by atoms with Gasteiger partial charge in [-0.15, -0.1) is 0 Å². The summed E-state index contributed by atoms with van der Waals surface area (Å²) in [7, 11) is 0. The number of anilines is 1. The molecule has 1 aromatic carbocycles. The summed E-state index contributed by atoms with van der Waals surface area (Å²) in [6.45, 7) is 4.01. The van der Waals surface area contributed by atoms with Crippen LogP contribution >= 0.6 is 0 Å². The first-order valence-corrected chi connectivity index (χ1v) is 8.41. The van der Waals surface area contributed by atoms with Gasteiger partial charge in [0.1, 0.15) is 12.2 Å². The summed E-state index contributed by atoms with van der Waals surface area (Å²) in [4.78, 5) is 28.2. The van der Waals surface area contributed by atoms with E-state index >= 15 is 0 Å². The molecule has 0 N–H and O–H groups in total. The molecule has 2 saturated heterocycles. The van der Waals surface area contributed by atoms with E-state index in [0.29, 0.717) is 19.5 Å². The Balaban J connectivity index is 1.76. The average Bonchev–Trinajstić information content (AvgIpc) is 2.58. The van der Waals surface area contributed by atoms with Crippen molar-refractivity contribution in [3.8, 4) is 0 Å². The SMILES string of the molecule is CCCC(=O)N1CCCC2(C1)CN(c1ccccc1)C(=O)CO2. The van der Waals surface area contributed by atoms with Crippen LogP contribution in [0.15, 0.2) is 30.3 Å². The fourth-order valence-electron chi connectivity index (χ4n) is 3.49. The van der Waals surface area contributed by atoms with E-state index in [-0.39, 0.29) is 18.4 Å². The van der Waals surface area contributed by atoms with E-state index in [9.17, 15) is 9.59 Å². The molecule has 124 valence electrons. The lowest BCUT2D eigenvalue weighted by Crippen LogP contribution is -2.62. The van der Waals surface area contributed by atoms with Gasteiger partial charge < -0.3 is 14.5 Å². The van der Waals surface area contributed by atoms with Gasteiger partial charge in [-0.3, -0.25) is 9.59 Å². The summed E-state index contributed by atoms with van der Waals surface area (Å²) >= 11 is 0. The second-order valence-corrected chi connectivity index (χ2v) is 6.46. The van der Waals surface area contributed by atoms with Gasteiger partial charge in [0, 0.05) is 18.7 Å². The maximum Gasteiger partial charge on any atom is 0.253 e. The zero-order valence-corrected chi connectivity index (χ0v) is 13.7. The molecular weight excluding hydrogens is 292 g/mol. The molecular formula is C18H24N2O3. The molecule has 2 amide bonds. The highest BCUT2D eigenvalue weighted by molar-refractivity contribution is 5.95. The van der Waals surface area contributed by atoms with Crippen molar-refractivity contribution in [1.82, 2.24) is 4.90 Å². The summed E-state index contributed by atoms with van der Waals surface area (Å²) in [5.41, 5.74) is 0.475. The minimum Gasteiger partial charge on any atom is -0.361 e. The molecule has 23 heavy (non-hydrogen) atoms. The highest BCUT2D eigenvalue weighted by atomic mass is 16.5. The first-order valence-electron chi connectivity index (χ1n) is 8.41. The molecule has 2 aliphatic heterocycles. The normalized spacial score (nSPS) is 25.0. The van der Waals surface area contributed by atoms with Gasteiger partial charge in [0.2, 0.25) is 5.91 Å². The summed E-state index contributed by atoms with van der Waals surface area (Å²) in [5, 5.41) is 0. The van der Waals surface area contributed by atoms with E-state index in [4.69, 9.17) is 4.74 Å². The molecule has 1 aromatic rings. The summed E-state index contributed by atoms with van der Waals surface area (Å²) < 4.78 is 5.94. The molecule has 2 fully saturated rings. The third-order valence-corrected chi connectivity index (χ3v) is 4.67. The minimum absolute atomic E-state index is 0.0150. The number of carbonyl (C=O) groups is 2. The Morgan fingerprint density at radius 2 is 2.04 bits per heavy atom. The lowest BCUT2D eigenvalue weighted by atomic mass is 9.90. The molecule has 0 saturated carbocycles. The van der Waals surface area contributed by atoms with Crippen LogP contribution in [0.25, 0.3) is 0 Å². The molecule has 3 rings (SSSR count). The van der Waals surface area contributed by atoms with Crippen molar-refractivity contribution in [1.29, 1.82) is 0 Å². The largest absolute Gasteiger partial charge is 0.361 e. The number of carbonyl (C=O) groups excluding carboxylic acids is 2. The average molecular weight is 316 g/mol. The molecule has 0 aliphatic carbocycles. The predicted molar refractivity (Wildman–Crippen MR) is 88.2 cm³/mol. The number of likely N-dealkylation sites (tertiary alicyclic amines) is 1. The van der Waals surface area contributed by atoms with Crippen LogP contribution in [0.5, 0.6) is 0 Å². The van der Waals surface area contributed by atoms with E-state index in [1.807, 2.05) is 42.2 Å². The van der Waals surface area contributed by atoms with Crippen molar-refractivity contribution in [2.45, 2.75) is 38.2 Å². The number of ether oxygens (including phenoxy) is 1. The number of hydrogen-bond acceptors (Lipinski definition) is 3. The van der Waals surface area contributed by atoms with E-state index in [1.165, 1.54) is 0 Å². The Labute approximate surface area is 137 Å². The van der Waals surface area contributed by atoms with Crippen molar-refractivity contribution in [2.24, 2.45) is 0 Å².